The SMILES string of the molecule is CC(C)(C)OC(=O)N[C@@H](CCCN1C(=O)c2ccccc2C1=O)C(=O)OC(C)(C)C. The Labute approximate surface area is 176 Å². The largest absolute Gasteiger partial charge is 0.458 e. The van der Waals surface area contributed by atoms with E-state index in [9.17, 15) is 19.2 Å². The Morgan fingerprint density at radius 1 is 0.933 bits per heavy atom. The van der Waals surface area contributed by atoms with Gasteiger partial charge in [-0.15, -0.1) is 0 Å². The van der Waals surface area contributed by atoms with Gasteiger partial charge in [-0.1, -0.05) is 12.1 Å². The van der Waals surface area contributed by atoms with Crippen LogP contribution in [-0.4, -0.2) is 52.6 Å². The predicted molar refractivity (Wildman–Crippen MR) is 110 cm³/mol. The zero-order chi connectivity index (χ0) is 22.7. The lowest BCUT2D eigenvalue weighted by Gasteiger charge is -2.26. The first kappa shape index (κ1) is 23.4. The van der Waals surface area contributed by atoms with E-state index in [1.54, 1.807) is 65.8 Å². The van der Waals surface area contributed by atoms with E-state index in [-0.39, 0.29) is 24.8 Å². The van der Waals surface area contributed by atoms with Gasteiger partial charge in [0.25, 0.3) is 11.8 Å². The van der Waals surface area contributed by atoms with Gasteiger partial charge in [-0.05, 0) is 66.5 Å². The van der Waals surface area contributed by atoms with Crippen molar-refractivity contribution < 1.29 is 28.7 Å². The molecule has 1 aliphatic heterocycles. The van der Waals surface area contributed by atoms with Gasteiger partial charge in [0.2, 0.25) is 0 Å². The summed E-state index contributed by atoms with van der Waals surface area (Å²) in [6.07, 6.45) is -0.244. The van der Waals surface area contributed by atoms with Gasteiger partial charge in [-0.3, -0.25) is 14.5 Å². The summed E-state index contributed by atoms with van der Waals surface area (Å²) < 4.78 is 10.6. The number of alkyl carbamates (subject to hydrolysis) is 1. The number of fused-ring (bicyclic) bond motifs is 1. The van der Waals surface area contributed by atoms with Crippen LogP contribution in [0.5, 0.6) is 0 Å². The van der Waals surface area contributed by atoms with Crippen molar-refractivity contribution in [2.24, 2.45) is 0 Å². The second-order valence-corrected chi connectivity index (χ2v) is 9.18. The molecule has 0 radical (unpaired) electrons. The third-order valence-electron chi connectivity index (χ3n) is 4.13. The van der Waals surface area contributed by atoms with E-state index in [1.807, 2.05) is 0 Å². The van der Waals surface area contributed by atoms with Gasteiger partial charge in [0.05, 0.1) is 11.1 Å². The number of carbonyl (C=O) groups is 4. The second kappa shape index (κ2) is 8.85. The van der Waals surface area contributed by atoms with E-state index in [0.29, 0.717) is 17.5 Å². The lowest BCUT2D eigenvalue weighted by molar-refractivity contribution is -0.157. The van der Waals surface area contributed by atoms with Crippen LogP contribution in [0.3, 0.4) is 0 Å². The highest BCUT2D eigenvalue weighted by Gasteiger charge is 2.35. The zero-order valence-corrected chi connectivity index (χ0v) is 18.4. The molecule has 0 aromatic heterocycles. The fraction of sp³-hybridized carbons (Fsp3) is 0.545. The lowest BCUT2D eigenvalue weighted by Crippen LogP contribution is -2.46. The van der Waals surface area contributed by atoms with Crippen molar-refractivity contribution in [1.82, 2.24) is 10.2 Å². The average molecular weight is 418 g/mol. The molecule has 0 bridgehead atoms. The molecule has 3 amide bonds. The lowest BCUT2D eigenvalue weighted by atomic mass is 10.1. The van der Waals surface area contributed by atoms with Gasteiger partial charge < -0.3 is 14.8 Å². The fourth-order valence-corrected chi connectivity index (χ4v) is 2.97. The van der Waals surface area contributed by atoms with Crippen molar-refractivity contribution in [2.75, 3.05) is 6.54 Å². The Bertz CT molecular complexity index is 800. The number of hydrogen-bond acceptors (Lipinski definition) is 6. The van der Waals surface area contributed by atoms with Crippen molar-refractivity contribution in [3.05, 3.63) is 35.4 Å². The first-order chi connectivity index (χ1) is 13.8. The van der Waals surface area contributed by atoms with Gasteiger partial charge in [0, 0.05) is 6.54 Å². The molecule has 1 aromatic rings. The van der Waals surface area contributed by atoms with Crippen LogP contribution < -0.4 is 5.32 Å². The number of nitrogens with zero attached hydrogens (tertiary/aromatic N) is 1. The molecule has 164 valence electrons. The molecule has 0 saturated heterocycles. The van der Waals surface area contributed by atoms with E-state index in [4.69, 9.17) is 9.47 Å². The number of amides is 3. The summed E-state index contributed by atoms with van der Waals surface area (Å²) in [5, 5.41) is 2.54. The zero-order valence-electron chi connectivity index (χ0n) is 18.4. The highest BCUT2D eigenvalue weighted by atomic mass is 16.6. The van der Waals surface area contributed by atoms with Crippen molar-refractivity contribution >= 4 is 23.9 Å². The van der Waals surface area contributed by atoms with Crippen LogP contribution in [0.1, 0.15) is 75.1 Å². The number of esters is 1. The van der Waals surface area contributed by atoms with Crippen LogP contribution in [0.25, 0.3) is 0 Å². The summed E-state index contributed by atoms with van der Waals surface area (Å²) in [5.41, 5.74) is -0.702. The van der Waals surface area contributed by atoms with Crippen molar-refractivity contribution in [1.29, 1.82) is 0 Å². The summed E-state index contributed by atoms with van der Waals surface area (Å²) >= 11 is 0. The summed E-state index contributed by atoms with van der Waals surface area (Å²) in [4.78, 5) is 50.8. The minimum Gasteiger partial charge on any atom is -0.458 e. The maximum absolute atomic E-state index is 12.6. The second-order valence-electron chi connectivity index (χ2n) is 9.18. The molecule has 1 aromatic carbocycles. The van der Waals surface area contributed by atoms with E-state index in [2.05, 4.69) is 5.32 Å². The molecule has 1 aliphatic rings. The highest BCUT2D eigenvalue weighted by Crippen LogP contribution is 2.23. The molecule has 30 heavy (non-hydrogen) atoms. The van der Waals surface area contributed by atoms with Crippen LogP contribution in [0.2, 0.25) is 0 Å². The highest BCUT2D eigenvalue weighted by molar-refractivity contribution is 6.21. The molecular formula is C22H30N2O6. The van der Waals surface area contributed by atoms with Crippen LogP contribution in [0, 0.1) is 0 Å². The monoisotopic (exact) mass is 418 g/mol. The Hall–Kier alpha value is -2.90. The number of benzene rings is 1. The Balaban J connectivity index is 2.02. The van der Waals surface area contributed by atoms with Gasteiger partial charge in [0.15, 0.2) is 0 Å². The number of carbonyl (C=O) groups excluding carboxylic acids is 4. The molecule has 1 heterocycles. The first-order valence-corrected chi connectivity index (χ1v) is 9.96. The molecular weight excluding hydrogens is 388 g/mol. The Morgan fingerprint density at radius 3 is 1.90 bits per heavy atom. The van der Waals surface area contributed by atoms with E-state index >= 15 is 0 Å². The van der Waals surface area contributed by atoms with Gasteiger partial charge in [-0.2, -0.15) is 0 Å². The molecule has 1 atom stereocenters. The number of imide groups is 1. The molecule has 2 rings (SSSR count). The van der Waals surface area contributed by atoms with Crippen LogP contribution in [0.4, 0.5) is 4.79 Å². The Morgan fingerprint density at radius 2 is 1.43 bits per heavy atom. The minimum absolute atomic E-state index is 0.127. The van der Waals surface area contributed by atoms with Crippen LogP contribution in [-0.2, 0) is 14.3 Å². The summed E-state index contributed by atoms with van der Waals surface area (Å²) in [7, 11) is 0. The summed E-state index contributed by atoms with van der Waals surface area (Å²) in [6.45, 7) is 10.5. The first-order valence-electron chi connectivity index (χ1n) is 9.96. The van der Waals surface area contributed by atoms with Gasteiger partial charge in [0.1, 0.15) is 17.2 Å². The topological polar surface area (TPSA) is 102 Å². The van der Waals surface area contributed by atoms with Gasteiger partial charge in [-0.25, -0.2) is 9.59 Å². The molecule has 0 unspecified atom stereocenters. The predicted octanol–water partition coefficient (Wildman–Crippen LogP) is 3.30. The van der Waals surface area contributed by atoms with E-state index < -0.39 is 29.3 Å². The molecule has 1 N–H and O–H groups in total. The number of ether oxygens (including phenoxy) is 2. The summed E-state index contributed by atoms with van der Waals surface area (Å²) in [5.74, 6) is -1.32. The molecule has 0 spiro atoms. The molecule has 0 saturated carbocycles. The number of rotatable bonds is 6. The van der Waals surface area contributed by atoms with E-state index in [0.717, 1.165) is 4.90 Å². The van der Waals surface area contributed by atoms with Crippen LogP contribution in [0.15, 0.2) is 24.3 Å². The maximum Gasteiger partial charge on any atom is 0.408 e. The summed E-state index contributed by atoms with van der Waals surface area (Å²) in [6, 6.07) is 5.68. The quantitative estimate of drug-likeness (QED) is 0.562. The van der Waals surface area contributed by atoms with Crippen molar-refractivity contribution in [3.8, 4) is 0 Å². The van der Waals surface area contributed by atoms with Crippen molar-refractivity contribution in [2.45, 2.75) is 71.6 Å². The van der Waals surface area contributed by atoms with Crippen LogP contribution >= 0.6 is 0 Å². The third-order valence-corrected chi connectivity index (χ3v) is 4.13. The standard InChI is InChI=1S/C22H30N2O6/c1-21(2,3)29-19(27)16(23-20(28)30-22(4,5)6)12-9-13-24-17(25)14-10-7-8-11-15(14)18(24)26/h7-8,10-11,16H,9,12-13H2,1-6H3,(H,23,28)/t16-/m0/s1. The fourth-order valence-electron chi connectivity index (χ4n) is 2.97. The van der Waals surface area contributed by atoms with E-state index in [1.165, 1.54) is 0 Å². The average Bonchev–Trinajstić information content (AvgIpc) is 2.83. The maximum atomic E-state index is 12.6. The molecule has 0 fully saturated rings. The molecule has 8 heteroatoms. The number of nitrogens with one attached hydrogen (secondary N) is 1. The molecule has 0 aliphatic carbocycles. The molecule has 8 nitrogen and oxygen atoms in total. The Kier molecular flexibility index (Phi) is 6.90. The van der Waals surface area contributed by atoms with Crippen molar-refractivity contribution in [3.63, 3.8) is 0 Å². The third kappa shape index (κ3) is 6.30. The normalized spacial score (nSPS) is 14.9. The smallest absolute Gasteiger partial charge is 0.408 e. The minimum atomic E-state index is -0.964. The number of hydrogen-bond donors (Lipinski definition) is 1. The van der Waals surface area contributed by atoms with Gasteiger partial charge >= 0.3 is 12.1 Å².